The average molecular weight is 412 g/mol. The van der Waals surface area contributed by atoms with E-state index in [-0.39, 0.29) is 6.61 Å². The van der Waals surface area contributed by atoms with Crippen LogP contribution >= 0.6 is 0 Å². The van der Waals surface area contributed by atoms with Crippen LogP contribution in [0.25, 0.3) is 22.5 Å². The van der Waals surface area contributed by atoms with Crippen molar-refractivity contribution in [2.75, 3.05) is 6.61 Å². The van der Waals surface area contributed by atoms with Crippen LogP contribution in [0.3, 0.4) is 0 Å². The average Bonchev–Trinajstić information content (AvgIpc) is 3.29. The highest BCUT2D eigenvalue weighted by Crippen LogP contribution is 2.26. The number of hydrogen-bond donors (Lipinski definition) is 2. The number of rotatable bonds is 8. The number of aliphatic hydroxyl groups excluding tert-OH is 1. The molecule has 4 aromatic rings. The number of halogens is 1. The maximum atomic E-state index is 13.2. The summed E-state index contributed by atoms with van der Waals surface area (Å²) in [5, 5.41) is 13.7. The quantitative estimate of drug-likeness (QED) is 0.431. The van der Waals surface area contributed by atoms with Gasteiger partial charge in [-0.3, -0.25) is 9.67 Å². The molecule has 0 aliphatic rings. The van der Waals surface area contributed by atoms with Crippen LogP contribution in [0, 0.1) is 5.82 Å². The second kappa shape index (κ2) is 8.50. The molecule has 0 radical (unpaired) electrons. The summed E-state index contributed by atoms with van der Waals surface area (Å²) in [6.07, 6.45) is 5.90. The molecular weight excluding hydrogens is 391 g/mol. The van der Waals surface area contributed by atoms with E-state index in [0.29, 0.717) is 29.2 Å². The molecule has 30 heavy (non-hydrogen) atoms. The maximum absolute atomic E-state index is 13.2. The molecule has 8 nitrogen and oxygen atoms in total. The van der Waals surface area contributed by atoms with E-state index in [2.05, 4.69) is 15.1 Å². The van der Waals surface area contributed by atoms with E-state index < -0.39 is 11.6 Å². The number of H-pyrrole nitrogens is 1. The predicted molar refractivity (Wildman–Crippen MR) is 108 cm³/mol. The predicted octanol–water partition coefficient (Wildman–Crippen LogP) is 2.95. The van der Waals surface area contributed by atoms with E-state index in [1.54, 1.807) is 16.9 Å². The number of aliphatic hydroxyl groups is 1. The number of nitrogens with zero attached hydrogens (tertiary/aromatic N) is 3. The Kier molecular flexibility index (Phi) is 5.62. The molecule has 0 unspecified atom stereocenters. The Morgan fingerprint density at radius 2 is 2.10 bits per heavy atom. The molecule has 0 aliphatic heterocycles. The number of ether oxygens (including phenoxy) is 1. The number of pyridine rings is 1. The van der Waals surface area contributed by atoms with Crippen molar-refractivity contribution in [1.29, 1.82) is 0 Å². The Bertz CT molecular complexity index is 1230. The van der Waals surface area contributed by atoms with Gasteiger partial charge in [-0.1, -0.05) is 0 Å². The van der Waals surface area contributed by atoms with Gasteiger partial charge in [-0.2, -0.15) is 5.10 Å². The summed E-state index contributed by atoms with van der Waals surface area (Å²) in [7, 11) is 1.85. The van der Waals surface area contributed by atoms with Crippen molar-refractivity contribution >= 4 is 11.2 Å². The van der Waals surface area contributed by atoms with Gasteiger partial charge in [0, 0.05) is 24.4 Å². The third kappa shape index (κ3) is 4.11. The number of aryl methyl sites for hydroxylation is 2. The molecule has 9 heteroatoms. The lowest BCUT2D eigenvalue weighted by Gasteiger charge is -2.10. The second-order valence-corrected chi connectivity index (χ2v) is 6.94. The number of benzene rings is 1. The Morgan fingerprint density at radius 3 is 2.93 bits per heavy atom. The molecule has 0 amide bonds. The first-order chi connectivity index (χ1) is 14.5. The summed E-state index contributed by atoms with van der Waals surface area (Å²) in [5.74, 6) is -0.444. The van der Waals surface area contributed by atoms with E-state index in [1.165, 1.54) is 18.2 Å². The normalized spacial score (nSPS) is 11.3. The van der Waals surface area contributed by atoms with E-state index >= 15 is 0 Å². The zero-order valence-corrected chi connectivity index (χ0v) is 16.4. The van der Waals surface area contributed by atoms with Crippen LogP contribution in [0.2, 0.25) is 0 Å². The minimum Gasteiger partial charge on any atom is -0.493 e. The zero-order chi connectivity index (χ0) is 21.1. The molecule has 0 saturated heterocycles. The first-order valence-electron chi connectivity index (χ1n) is 9.57. The lowest BCUT2D eigenvalue weighted by atomic mass is 10.0. The number of aromatic amines is 1. The molecule has 3 heterocycles. The Labute approximate surface area is 170 Å². The van der Waals surface area contributed by atoms with Gasteiger partial charge in [-0.25, -0.2) is 14.2 Å². The van der Waals surface area contributed by atoms with Gasteiger partial charge in [0.2, 0.25) is 0 Å². The van der Waals surface area contributed by atoms with E-state index in [0.717, 1.165) is 36.1 Å². The van der Waals surface area contributed by atoms with Gasteiger partial charge in [0.25, 0.3) is 0 Å². The number of unbranched alkanes of at least 4 members (excludes halogenated alkanes) is 1. The van der Waals surface area contributed by atoms with Crippen LogP contribution < -0.4 is 10.5 Å². The summed E-state index contributed by atoms with van der Waals surface area (Å²) < 4.78 is 25.8. The van der Waals surface area contributed by atoms with Crippen molar-refractivity contribution in [3.63, 3.8) is 0 Å². The smallest absolute Gasteiger partial charge is 0.418 e. The van der Waals surface area contributed by atoms with Crippen LogP contribution in [0.4, 0.5) is 4.39 Å². The SMILES string of the molecule is Cn1ncc(CCCCOc2ccc(F)cc2CO)c1-c1cnc2[nH]c(=O)oc2c1. The van der Waals surface area contributed by atoms with Crippen molar-refractivity contribution in [2.45, 2.75) is 25.9 Å². The number of fused-ring (bicyclic) bond motifs is 1. The van der Waals surface area contributed by atoms with Crippen molar-refractivity contribution in [3.05, 3.63) is 64.2 Å². The standard InChI is InChI=1S/C21H21FN4O4/c1-26-19(14-9-18-20(23-10-14)25-21(28)30-18)13(11-24-26)4-2-3-7-29-17-6-5-16(22)8-15(17)12-27/h5-6,8-11,27H,2-4,7,12H2,1H3,(H,23,25,28). The van der Waals surface area contributed by atoms with Gasteiger partial charge in [0.15, 0.2) is 11.2 Å². The van der Waals surface area contributed by atoms with Gasteiger partial charge in [-0.05, 0) is 49.1 Å². The Morgan fingerprint density at radius 1 is 1.23 bits per heavy atom. The monoisotopic (exact) mass is 412 g/mol. The number of hydrogen-bond acceptors (Lipinski definition) is 6. The lowest BCUT2D eigenvalue weighted by molar-refractivity contribution is 0.259. The third-order valence-corrected chi connectivity index (χ3v) is 4.85. The van der Waals surface area contributed by atoms with Gasteiger partial charge in [-0.15, -0.1) is 0 Å². The Hall–Kier alpha value is -3.46. The Balaban J connectivity index is 1.39. The summed E-state index contributed by atoms with van der Waals surface area (Å²) >= 11 is 0. The largest absolute Gasteiger partial charge is 0.493 e. The van der Waals surface area contributed by atoms with Gasteiger partial charge in [0.05, 0.1) is 25.1 Å². The fourth-order valence-electron chi connectivity index (χ4n) is 3.42. The van der Waals surface area contributed by atoms with E-state index in [1.807, 2.05) is 13.2 Å². The molecule has 0 bridgehead atoms. The molecule has 4 rings (SSSR count). The maximum Gasteiger partial charge on any atom is 0.418 e. The summed E-state index contributed by atoms with van der Waals surface area (Å²) in [6.45, 7) is 0.183. The fraction of sp³-hybridized carbons (Fsp3) is 0.286. The number of nitrogens with one attached hydrogen (secondary N) is 1. The molecule has 1 aromatic carbocycles. The van der Waals surface area contributed by atoms with Crippen molar-refractivity contribution in [1.82, 2.24) is 19.7 Å². The molecule has 156 valence electrons. The van der Waals surface area contributed by atoms with Gasteiger partial charge >= 0.3 is 5.76 Å². The first-order valence-corrected chi connectivity index (χ1v) is 9.57. The van der Waals surface area contributed by atoms with Crippen molar-refractivity contribution in [2.24, 2.45) is 7.05 Å². The molecule has 2 N–H and O–H groups in total. The highest BCUT2D eigenvalue weighted by Gasteiger charge is 2.14. The second-order valence-electron chi connectivity index (χ2n) is 6.94. The fourth-order valence-corrected chi connectivity index (χ4v) is 3.42. The first kappa shape index (κ1) is 19.8. The molecule has 0 spiro atoms. The molecule has 0 aliphatic carbocycles. The molecule has 3 aromatic heterocycles. The van der Waals surface area contributed by atoms with Crippen LogP contribution in [0.15, 0.2) is 45.9 Å². The van der Waals surface area contributed by atoms with Crippen molar-refractivity contribution < 1.29 is 18.7 Å². The minimum atomic E-state index is -0.537. The number of aromatic nitrogens is 4. The van der Waals surface area contributed by atoms with E-state index in [4.69, 9.17) is 9.15 Å². The van der Waals surface area contributed by atoms with Gasteiger partial charge in [0.1, 0.15) is 11.6 Å². The molecule has 0 fully saturated rings. The summed E-state index contributed by atoms with van der Waals surface area (Å²) in [6, 6.07) is 5.89. The van der Waals surface area contributed by atoms with Crippen LogP contribution in [0.5, 0.6) is 5.75 Å². The highest BCUT2D eigenvalue weighted by atomic mass is 19.1. The van der Waals surface area contributed by atoms with Crippen LogP contribution in [0.1, 0.15) is 24.0 Å². The van der Waals surface area contributed by atoms with Crippen molar-refractivity contribution in [3.8, 4) is 17.0 Å². The van der Waals surface area contributed by atoms with Crippen LogP contribution in [-0.4, -0.2) is 31.5 Å². The summed E-state index contributed by atoms with van der Waals surface area (Å²) in [4.78, 5) is 18.1. The number of oxazole rings is 1. The van der Waals surface area contributed by atoms with E-state index in [9.17, 15) is 14.3 Å². The molecule has 0 saturated carbocycles. The minimum absolute atomic E-state index is 0.272. The topological polar surface area (TPSA) is 106 Å². The van der Waals surface area contributed by atoms with Crippen LogP contribution in [-0.2, 0) is 20.1 Å². The third-order valence-electron chi connectivity index (χ3n) is 4.85. The molecular formula is C21H21FN4O4. The summed E-state index contributed by atoms with van der Waals surface area (Å²) in [5.41, 5.74) is 4.02. The highest BCUT2D eigenvalue weighted by molar-refractivity contribution is 5.75. The molecule has 0 atom stereocenters. The lowest BCUT2D eigenvalue weighted by Crippen LogP contribution is -2.02. The zero-order valence-electron chi connectivity index (χ0n) is 16.4. The van der Waals surface area contributed by atoms with Gasteiger partial charge < -0.3 is 14.3 Å².